The lowest BCUT2D eigenvalue weighted by Gasteiger charge is -2.37. The molecular weight excluding hydrogens is 369 g/mol. The SMILES string of the molecule is Cc1ccc(N2C[C@H](C(=O)N3CCN(c4ccccc4F)CC3)CC2=O)cc1C. The minimum Gasteiger partial charge on any atom is -0.366 e. The maximum Gasteiger partial charge on any atom is 0.228 e. The summed E-state index contributed by atoms with van der Waals surface area (Å²) in [6.07, 6.45) is 0.249. The Morgan fingerprint density at radius 1 is 1.00 bits per heavy atom. The van der Waals surface area contributed by atoms with Crippen molar-refractivity contribution in [3.05, 3.63) is 59.4 Å². The zero-order valence-electron chi connectivity index (χ0n) is 16.9. The Bertz CT molecular complexity index is 937. The number of benzene rings is 2. The van der Waals surface area contributed by atoms with Crippen LogP contribution in [0, 0.1) is 25.6 Å². The molecule has 0 aromatic heterocycles. The summed E-state index contributed by atoms with van der Waals surface area (Å²) in [5.74, 6) is -0.531. The smallest absolute Gasteiger partial charge is 0.228 e. The highest BCUT2D eigenvalue weighted by molar-refractivity contribution is 6.00. The first-order valence-corrected chi connectivity index (χ1v) is 10.1. The van der Waals surface area contributed by atoms with Crippen molar-refractivity contribution >= 4 is 23.2 Å². The highest BCUT2D eigenvalue weighted by Crippen LogP contribution is 2.28. The quantitative estimate of drug-likeness (QED) is 0.802. The molecule has 2 aromatic carbocycles. The molecule has 2 amide bonds. The van der Waals surface area contributed by atoms with Crippen LogP contribution in [0.25, 0.3) is 0 Å². The van der Waals surface area contributed by atoms with Gasteiger partial charge in [0.1, 0.15) is 5.82 Å². The summed E-state index contributed by atoms with van der Waals surface area (Å²) < 4.78 is 14.0. The fraction of sp³-hybridized carbons (Fsp3) is 0.391. The van der Waals surface area contributed by atoms with E-state index in [4.69, 9.17) is 0 Å². The lowest BCUT2D eigenvalue weighted by atomic mass is 10.1. The molecule has 0 aliphatic carbocycles. The van der Waals surface area contributed by atoms with Crippen molar-refractivity contribution < 1.29 is 14.0 Å². The van der Waals surface area contributed by atoms with Gasteiger partial charge in [-0.3, -0.25) is 9.59 Å². The van der Waals surface area contributed by atoms with E-state index in [0.717, 1.165) is 11.3 Å². The molecular formula is C23H26FN3O2. The number of piperazine rings is 1. The largest absolute Gasteiger partial charge is 0.366 e. The van der Waals surface area contributed by atoms with Gasteiger partial charge in [-0.05, 0) is 49.2 Å². The predicted molar refractivity (Wildman–Crippen MR) is 112 cm³/mol. The average Bonchev–Trinajstić information content (AvgIpc) is 3.12. The van der Waals surface area contributed by atoms with Gasteiger partial charge < -0.3 is 14.7 Å². The van der Waals surface area contributed by atoms with E-state index in [-0.39, 0.29) is 30.0 Å². The standard InChI is InChI=1S/C23H26FN3O2/c1-16-7-8-19(13-17(16)2)27-15-18(14-22(27)28)23(29)26-11-9-25(10-12-26)21-6-4-3-5-20(21)24/h3-8,13,18H,9-12,14-15H2,1-2H3/t18-/m1/s1. The van der Waals surface area contributed by atoms with Gasteiger partial charge in [0.25, 0.3) is 0 Å². The van der Waals surface area contributed by atoms with Crippen molar-refractivity contribution in [2.24, 2.45) is 5.92 Å². The van der Waals surface area contributed by atoms with Crippen molar-refractivity contribution in [3.63, 3.8) is 0 Å². The number of carbonyl (C=O) groups excluding carboxylic acids is 2. The Balaban J connectivity index is 1.39. The molecule has 0 N–H and O–H groups in total. The Labute approximate surface area is 170 Å². The van der Waals surface area contributed by atoms with Gasteiger partial charge in [0.15, 0.2) is 0 Å². The molecule has 2 fully saturated rings. The lowest BCUT2D eigenvalue weighted by Crippen LogP contribution is -2.51. The fourth-order valence-corrected chi connectivity index (χ4v) is 4.15. The molecule has 29 heavy (non-hydrogen) atoms. The number of amides is 2. The van der Waals surface area contributed by atoms with Gasteiger partial charge in [0.2, 0.25) is 11.8 Å². The van der Waals surface area contributed by atoms with E-state index in [2.05, 4.69) is 0 Å². The third kappa shape index (κ3) is 3.84. The first kappa shape index (κ1) is 19.4. The van der Waals surface area contributed by atoms with E-state index >= 15 is 0 Å². The predicted octanol–water partition coefficient (Wildman–Crippen LogP) is 3.14. The van der Waals surface area contributed by atoms with Gasteiger partial charge >= 0.3 is 0 Å². The summed E-state index contributed by atoms with van der Waals surface area (Å²) in [4.78, 5) is 31.1. The maximum atomic E-state index is 14.0. The fourth-order valence-electron chi connectivity index (χ4n) is 4.15. The van der Waals surface area contributed by atoms with Crippen LogP contribution in [0.4, 0.5) is 15.8 Å². The number of para-hydroxylation sites is 1. The molecule has 2 saturated heterocycles. The number of hydrogen-bond acceptors (Lipinski definition) is 3. The van der Waals surface area contributed by atoms with Crippen LogP contribution in [0.5, 0.6) is 0 Å². The average molecular weight is 395 g/mol. The molecule has 1 atom stereocenters. The minimum atomic E-state index is -0.316. The second-order valence-corrected chi connectivity index (χ2v) is 7.94. The van der Waals surface area contributed by atoms with Gasteiger partial charge in [-0.25, -0.2) is 4.39 Å². The Hall–Kier alpha value is -2.89. The zero-order chi connectivity index (χ0) is 20.5. The zero-order valence-corrected chi connectivity index (χ0v) is 16.9. The van der Waals surface area contributed by atoms with Gasteiger partial charge in [-0.15, -0.1) is 0 Å². The van der Waals surface area contributed by atoms with E-state index in [1.54, 1.807) is 17.0 Å². The first-order valence-electron chi connectivity index (χ1n) is 10.1. The molecule has 0 unspecified atom stereocenters. The van der Waals surface area contributed by atoms with Crippen LogP contribution >= 0.6 is 0 Å². The molecule has 4 rings (SSSR count). The molecule has 0 saturated carbocycles. The number of anilines is 2. The van der Waals surface area contributed by atoms with Gasteiger partial charge in [-0.2, -0.15) is 0 Å². The number of halogens is 1. The number of carbonyl (C=O) groups is 2. The summed E-state index contributed by atoms with van der Waals surface area (Å²) in [5.41, 5.74) is 3.75. The topological polar surface area (TPSA) is 43.9 Å². The summed E-state index contributed by atoms with van der Waals surface area (Å²) in [7, 11) is 0. The van der Waals surface area contributed by atoms with E-state index in [1.165, 1.54) is 11.6 Å². The summed E-state index contributed by atoms with van der Waals surface area (Å²) >= 11 is 0. The van der Waals surface area contributed by atoms with Crippen LogP contribution in [0.3, 0.4) is 0 Å². The van der Waals surface area contributed by atoms with Gasteiger partial charge in [-0.1, -0.05) is 18.2 Å². The van der Waals surface area contributed by atoms with Crippen molar-refractivity contribution in [2.75, 3.05) is 42.5 Å². The molecule has 0 radical (unpaired) electrons. The van der Waals surface area contributed by atoms with Crippen LogP contribution in [0.2, 0.25) is 0 Å². The Morgan fingerprint density at radius 2 is 1.72 bits per heavy atom. The van der Waals surface area contributed by atoms with Gasteiger partial charge in [0, 0.05) is 44.8 Å². The highest BCUT2D eigenvalue weighted by atomic mass is 19.1. The minimum absolute atomic E-state index is 0.00315. The highest BCUT2D eigenvalue weighted by Gasteiger charge is 2.38. The number of hydrogen-bond donors (Lipinski definition) is 0. The van der Waals surface area contributed by atoms with Crippen molar-refractivity contribution in [3.8, 4) is 0 Å². The van der Waals surface area contributed by atoms with Crippen LogP contribution in [-0.4, -0.2) is 49.4 Å². The molecule has 2 aliphatic heterocycles. The first-order chi connectivity index (χ1) is 13.9. The monoisotopic (exact) mass is 395 g/mol. The van der Waals surface area contributed by atoms with E-state index in [9.17, 15) is 14.0 Å². The van der Waals surface area contributed by atoms with Crippen molar-refractivity contribution in [1.29, 1.82) is 0 Å². The lowest BCUT2D eigenvalue weighted by molar-refractivity contribution is -0.136. The number of rotatable bonds is 3. The molecule has 152 valence electrons. The summed E-state index contributed by atoms with van der Waals surface area (Å²) in [6, 6.07) is 12.7. The molecule has 5 nitrogen and oxygen atoms in total. The van der Waals surface area contributed by atoms with Crippen LogP contribution < -0.4 is 9.80 Å². The molecule has 0 bridgehead atoms. The van der Waals surface area contributed by atoms with Crippen molar-refractivity contribution in [2.45, 2.75) is 20.3 Å². The third-order valence-electron chi connectivity index (χ3n) is 6.06. The second-order valence-electron chi connectivity index (χ2n) is 7.94. The maximum absolute atomic E-state index is 14.0. The van der Waals surface area contributed by atoms with Gasteiger partial charge in [0.05, 0.1) is 11.6 Å². The Kier molecular flexibility index (Phi) is 5.26. The third-order valence-corrected chi connectivity index (χ3v) is 6.06. The number of nitrogens with zero attached hydrogens (tertiary/aromatic N) is 3. The van der Waals surface area contributed by atoms with E-state index in [0.29, 0.717) is 38.4 Å². The van der Waals surface area contributed by atoms with E-state index < -0.39 is 0 Å². The van der Waals surface area contributed by atoms with Crippen molar-refractivity contribution in [1.82, 2.24) is 4.90 Å². The Morgan fingerprint density at radius 3 is 2.41 bits per heavy atom. The van der Waals surface area contributed by atoms with Crippen LogP contribution in [0.1, 0.15) is 17.5 Å². The summed E-state index contributed by atoms with van der Waals surface area (Å²) in [6.45, 7) is 6.76. The molecule has 2 aliphatic rings. The normalized spacial score (nSPS) is 19.8. The summed E-state index contributed by atoms with van der Waals surface area (Å²) in [5, 5.41) is 0. The van der Waals surface area contributed by atoms with Crippen LogP contribution in [0.15, 0.2) is 42.5 Å². The molecule has 2 aromatic rings. The molecule has 6 heteroatoms. The second kappa shape index (κ2) is 7.85. The molecule has 0 spiro atoms. The van der Waals surface area contributed by atoms with E-state index in [1.807, 2.05) is 47.9 Å². The van der Waals surface area contributed by atoms with Crippen LogP contribution in [-0.2, 0) is 9.59 Å². The molecule has 2 heterocycles. The number of aryl methyl sites for hydroxylation is 2.